The van der Waals surface area contributed by atoms with Crippen LogP contribution in [0.2, 0.25) is 5.02 Å². The fraction of sp³-hybridized carbons (Fsp3) is 0.538. The Morgan fingerprint density at radius 2 is 2.41 bits per heavy atom. The molecular formula is C13H18ClNO2. The Morgan fingerprint density at radius 1 is 1.53 bits per heavy atom. The van der Waals surface area contributed by atoms with Crippen molar-refractivity contribution in [3.63, 3.8) is 0 Å². The molecule has 4 heteroatoms. The van der Waals surface area contributed by atoms with Crippen LogP contribution in [-0.2, 0) is 11.3 Å². The molecule has 1 saturated heterocycles. The summed E-state index contributed by atoms with van der Waals surface area (Å²) in [4.78, 5) is 0. The van der Waals surface area contributed by atoms with Crippen molar-refractivity contribution >= 4 is 11.6 Å². The molecule has 0 aromatic heterocycles. The first-order valence-corrected chi connectivity index (χ1v) is 6.35. The second-order valence-corrected chi connectivity index (χ2v) is 4.61. The molecule has 1 heterocycles. The van der Waals surface area contributed by atoms with Crippen molar-refractivity contribution in [1.29, 1.82) is 0 Å². The molecule has 0 spiro atoms. The van der Waals surface area contributed by atoms with E-state index in [1.54, 1.807) is 0 Å². The number of hydrogen-bond donors (Lipinski definition) is 1. The molecule has 1 aromatic carbocycles. The van der Waals surface area contributed by atoms with E-state index in [1.165, 1.54) is 0 Å². The summed E-state index contributed by atoms with van der Waals surface area (Å²) in [7, 11) is 1.91. The highest BCUT2D eigenvalue weighted by atomic mass is 35.5. The summed E-state index contributed by atoms with van der Waals surface area (Å²) < 4.78 is 11.3. The van der Waals surface area contributed by atoms with Crippen molar-refractivity contribution in [2.24, 2.45) is 0 Å². The van der Waals surface area contributed by atoms with Gasteiger partial charge in [-0.15, -0.1) is 0 Å². The van der Waals surface area contributed by atoms with Crippen LogP contribution in [0.3, 0.4) is 0 Å². The molecule has 1 atom stereocenters. The molecule has 3 nitrogen and oxygen atoms in total. The lowest BCUT2D eigenvalue weighted by molar-refractivity contribution is 0.0676. The number of benzene rings is 1. The number of halogens is 1. The van der Waals surface area contributed by atoms with E-state index in [2.05, 4.69) is 5.32 Å². The largest absolute Gasteiger partial charge is 0.489 e. The van der Waals surface area contributed by atoms with Gasteiger partial charge in [0.1, 0.15) is 12.4 Å². The number of ether oxygens (including phenoxy) is 2. The van der Waals surface area contributed by atoms with E-state index < -0.39 is 0 Å². The van der Waals surface area contributed by atoms with Gasteiger partial charge in [-0.25, -0.2) is 0 Å². The maximum atomic E-state index is 6.16. The summed E-state index contributed by atoms with van der Waals surface area (Å²) in [6, 6.07) is 5.81. The normalized spacial score (nSPS) is 19.5. The third kappa shape index (κ3) is 3.35. The van der Waals surface area contributed by atoms with Crippen LogP contribution in [0.15, 0.2) is 18.2 Å². The van der Waals surface area contributed by atoms with Crippen molar-refractivity contribution < 1.29 is 9.47 Å². The molecule has 1 aliphatic rings. The van der Waals surface area contributed by atoms with Crippen molar-refractivity contribution in [3.8, 4) is 5.75 Å². The van der Waals surface area contributed by atoms with Crippen molar-refractivity contribution in [2.75, 3.05) is 20.3 Å². The molecule has 1 N–H and O–H groups in total. The molecule has 2 rings (SSSR count). The summed E-state index contributed by atoms with van der Waals surface area (Å²) in [6.07, 6.45) is 2.42. The third-order valence-electron chi connectivity index (χ3n) is 2.85. The Hall–Kier alpha value is -0.770. The van der Waals surface area contributed by atoms with E-state index in [4.69, 9.17) is 21.1 Å². The lowest BCUT2D eigenvalue weighted by Crippen LogP contribution is -2.17. The SMILES string of the molecule is CNCc1cccc(Cl)c1OCC1CCCO1. The minimum absolute atomic E-state index is 0.216. The molecule has 0 saturated carbocycles. The maximum absolute atomic E-state index is 6.16. The Morgan fingerprint density at radius 3 is 3.12 bits per heavy atom. The molecular weight excluding hydrogens is 238 g/mol. The van der Waals surface area contributed by atoms with Gasteiger partial charge in [0.05, 0.1) is 11.1 Å². The topological polar surface area (TPSA) is 30.5 Å². The second kappa shape index (κ2) is 6.24. The smallest absolute Gasteiger partial charge is 0.142 e. The van der Waals surface area contributed by atoms with Gasteiger partial charge in [-0.1, -0.05) is 23.7 Å². The molecule has 1 fully saturated rings. The lowest BCUT2D eigenvalue weighted by atomic mass is 10.2. The van der Waals surface area contributed by atoms with E-state index in [-0.39, 0.29) is 6.10 Å². The van der Waals surface area contributed by atoms with Crippen LogP contribution in [0, 0.1) is 0 Å². The number of nitrogens with one attached hydrogen (secondary N) is 1. The van der Waals surface area contributed by atoms with E-state index in [1.807, 2.05) is 25.2 Å². The first kappa shape index (κ1) is 12.7. The lowest BCUT2D eigenvalue weighted by Gasteiger charge is -2.15. The first-order valence-electron chi connectivity index (χ1n) is 5.97. The molecule has 0 bridgehead atoms. The number of hydrogen-bond acceptors (Lipinski definition) is 3. The molecule has 0 aliphatic carbocycles. The fourth-order valence-electron chi connectivity index (χ4n) is 2.00. The Balaban J connectivity index is 2.02. The standard InChI is InChI=1S/C13H18ClNO2/c1-15-8-10-4-2-6-12(14)13(10)17-9-11-5-3-7-16-11/h2,4,6,11,15H,3,5,7-9H2,1H3. The van der Waals surface area contributed by atoms with Gasteiger partial charge in [0.25, 0.3) is 0 Å². The summed E-state index contributed by atoms with van der Waals surface area (Å²) >= 11 is 6.16. The molecule has 17 heavy (non-hydrogen) atoms. The highest BCUT2D eigenvalue weighted by Gasteiger charge is 2.17. The van der Waals surface area contributed by atoms with E-state index in [9.17, 15) is 0 Å². The van der Waals surface area contributed by atoms with Crippen molar-refractivity contribution in [3.05, 3.63) is 28.8 Å². The highest BCUT2D eigenvalue weighted by Crippen LogP contribution is 2.29. The van der Waals surface area contributed by atoms with Gasteiger partial charge in [0.2, 0.25) is 0 Å². The maximum Gasteiger partial charge on any atom is 0.142 e. The van der Waals surface area contributed by atoms with Gasteiger partial charge in [0, 0.05) is 18.7 Å². The van der Waals surface area contributed by atoms with Crippen LogP contribution in [-0.4, -0.2) is 26.4 Å². The minimum atomic E-state index is 0.216. The van der Waals surface area contributed by atoms with Gasteiger partial charge in [-0.3, -0.25) is 0 Å². The van der Waals surface area contributed by atoms with Gasteiger partial charge < -0.3 is 14.8 Å². The molecule has 94 valence electrons. The van der Waals surface area contributed by atoms with Gasteiger partial charge >= 0.3 is 0 Å². The number of rotatable bonds is 5. The average molecular weight is 256 g/mol. The first-order chi connectivity index (χ1) is 8.31. The second-order valence-electron chi connectivity index (χ2n) is 4.20. The molecule has 0 radical (unpaired) electrons. The predicted molar refractivity (Wildman–Crippen MR) is 68.7 cm³/mol. The van der Waals surface area contributed by atoms with Gasteiger partial charge in [-0.05, 0) is 26.0 Å². The van der Waals surface area contributed by atoms with E-state index in [0.717, 1.165) is 37.3 Å². The van der Waals surface area contributed by atoms with Gasteiger partial charge in [-0.2, -0.15) is 0 Å². The molecule has 1 aromatic rings. The molecule has 1 unspecified atom stereocenters. The zero-order valence-corrected chi connectivity index (χ0v) is 10.8. The Bertz CT molecular complexity index is 364. The minimum Gasteiger partial charge on any atom is -0.489 e. The van der Waals surface area contributed by atoms with Crippen molar-refractivity contribution in [2.45, 2.75) is 25.5 Å². The van der Waals surface area contributed by atoms with Crippen LogP contribution >= 0.6 is 11.6 Å². The predicted octanol–water partition coefficient (Wildman–Crippen LogP) is 2.62. The monoisotopic (exact) mass is 255 g/mol. The van der Waals surface area contributed by atoms with Gasteiger partial charge in [0.15, 0.2) is 0 Å². The van der Waals surface area contributed by atoms with Crippen LogP contribution in [0.1, 0.15) is 18.4 Å². The Labute approximate surface area is 107 Å². The average Bonchev–Trinajstić information content (AvgIpc) is 2.82. The van der Waals surface area contributed by atoms with E-state index >= 15 is 0 Å². The summed E-state index contributed by atoms with van der Waals surface area (Å²) in [5.41, 5.74) is 1.08. The summed E-state index contributed by atoms with van der Waals surface area (Å²) in [6.45, 7) is 2.18. The van der Waals surface area contributed by atoms with E-state index in [0.29, 0.717) is 11.6 Å². The summed E-state index contributed by atoms with van der Waals surface area (Å²) in [5, 5.41) is 3.77. The molecule has 0 amide bonds. The zero-order chi connectivity index (χ0) is 12.1. The quantitative estimate of drug-likeness (QED) is 0.877. The van der Waals surface area contributed by atoms with Crippen LogP contribution in [0.25, 0.3) is 0 Å². The highest BCUT2D eigenvalue weighted by molar-refractivity contribution is 6.32. The third-order valence-corrected chi connectivity index (χ3v) is 3.15. The van der Waals surface area contributed by atoms with Crippen LogP contribution in [0.5, 0.6) is 5.75 Å². The summed E-state index contributed by atoms with van der Waals surface area (Å²) in [5.74, 6) is 0.777. The zero-order valence-electron chi connectivity index (χ0n) is 10.0. The molecule has 1 aliphatic heterocycles. The van der Waals surface area contributed by atoms with Crippen LogP contribution < -0.4 is 10.1 Å². The number of para-hydroxylation sites is 1. The van der Waals surface area contributed by atoms with Crippen LogP contribution in [0.4, 0.5) is 0 Å². The van der Waals surface area contributed by atoms with Crippen molar-refractivity contribution in [1.82, 2.24) is 5.32 Å². The fourth-order valence-corrected chi connectivity index (χ4v) is 2.25. The Kier molecular flexibility index (Phi) is 4.66.